The van der Waals surface area contributed by atoms with Crippen molar-refractivity contribution in [2.75, 3.05) is 31.6 Å². The molecule has 1 fully saturated rings. The molecule has 8 nitrogen and oxygen atoms in total. The van der Waals surface area contributed by atoms with Crippen LogP contribution in [-0.2, 0) is 27.7 Å². The minimum absolute atomic E-state index is 0.0768. The van der Waals surface area contributed by atoms with Crippen molar-refractivity contribution >= 4 is 44.3 Å². The van der Waals surface area contributed by atoms with Gasteiger partial charge in [0.2, 0.25) is 10.0 Å². The molecule has 0 aliphatic carbocycles. The van der Waals surface area contributed by atoms with Gasteiger partial charge in [0.05, 0.1) is 29.3 Å². The molecule has 174 valence electrons. The number of carbonyl (C=O) groups excluding carboxylic acids is 1. The fraction of sp³-hybridized carbons (Fsp3) is 0.391. The molecule has 1 amide bonds. The smallest absolute Gasteiger partial charge is 0.255 e. The quantitative estimate of drug-likeness (QED) is 0.604. The lowest BCUT2D eigenvalue weighted by molar-refractivity contribution is 0.0730. The Kier molecular flexibility index (Phi) is 6.13. The van der Waals surface area contributed by atoms with Gasteiger partial charge in [-0.3, -0.25) is 4.79 Å². The van der Waals surface area contributed by atoms with Crippen molar-refractivity contribution in [1.29, 1.82) is 0 Å². The van der Waals surface area contributed by atoms with Crippen LogP contribution < -0.4 is 5.32 Å². The highest BCUT2D eigenvalue weighted by atomic mass is 35.5. The summed E-state index contributed by atoms with van der Waals surface area (Å²) >= 11 is 6.21. The Balaban J connectivity index is 1.40. The number of fused-ring (bicyclic) bond motifs is 3. The fourth-order valence-electron chi connectivity index (χ4n) is 4.40. The number of aryl methyl sites for hydroxylation is 2. The van der Waals surface area contributed by atoms with Crippen molar-refractivity contribution in [3.05, 3.63) is 52.8 Å². The average Bonchev–Trinajstić information content (AvgIpc) is 2.99. The number of aromatic nitrogens is 2. The number of halogens is 1. The second kappa shape index (κ2) is 9.06. The van der Waals surface area contributed by atoms with Crippen LogP contribution in [0.4, 0.5) is 5.69 Å². The molecule has 2 aliphatic rings. The van der Waals surface area contributed by atoms with Crippen LogP contribution in [0.1, 0.15) is 35.4 Å². The molecule has 3 heterocycles. The number of ether oxygens (including phenoxy) is 1. The van der Waals surface area contributed by atoms with Gasteiger partial charge in [0, 0.05) is 37.3 Å². The molecule has 2 aromatic carbocycles. The second-order valence-electron chi connectivity index (χ2n) is 8.31. The Morgan fingerprint density at radius 1 is 1.03 bits per heavy atom. The van der Waals surface area contributed by atoms with Crippen LogP contribution in [0.2, 0.25) is 5.02 Å². The molecule has 3 aromatic rings. The maximum Gasteiger partial charge on any atom is 0.255 e. The zero-order valence-electron chi connectivity index (χ0n) is 18.1. The lowest BCUT2D eigenvalue weighted by atomic mass is 10.2. The van der Waals surface area contributed by atoms with E-state index in [4.69, 9.17) is 21.3 Å². The third-order valence-electron chi connectivity index (χ3n) is 6.15. The number of hydrogen-bond donors (Lipinski definition) is 1. The minimum Gasteiger partial charge on any atom is -0.379 e. The van der Waals surface area contributed by atoms with Crippen molar-refractivity contribution in [3.63, 3.8) is 0 Å². The normalized spacial score (nSPS) is 17.5. The summed E-state index contributed by atoms with van der Waals surface area (Å²) < 4.78 is 34.9. The number of carbonyl (C=O) groups is 1. The van der Waals surface area contributed by atoms with E-state index in [0.717, 1.165) is 42.7 Å². The molecule has 1 aromatic heterocycles. The van der Waals surface area contributed by atoms with Crippen LogP contribution in [-0.4, -0.2) is 54.5 Å². The summed E-state index contributed by atoms with van der Waals surface area (Å²) in [7, 11) is -3.83. The number of imidazole rings is 1. The fourth-order valence-corrected chi connectivity index (χ4v) is 6.31. The van der Waals surface area contributed by atoms with E-state index in [1.54, 1.807) is 0 Å². The van der Waals surface area contributed by atoms with Crippen molar-refractivity contribution in [2.45, 2.75) is 37.1 Å². The molecule has 1 N–H and O–H groups in total. The van der Waals surface area contributed by atoms with E-state index in [2.05, 4.69) is 9.88 Å². The summed E-state index contributed by atoms with van der Waals surface area (Å²) in [5.41, 5.74) is 2.73. The number of hydrogen-bond acceptors (Lipinski definition) is 5. The largest absolute Gasteiger partial charge is 0.379 e. The number of rotatable bonds is 4. The zero-order valence-corrected chi connectivity index (χ0v) is 19.7. The number of amides is 1. The van der Waals surface area contributed by atoms with Crippen LogP contribution in [0.5, 0.6) is 0 Å². The van der Waals surface area contributed by atoms with E-state index in [1.165, 1.54) is 28.9 Å². The summed E-state index contributed by atoms with van der Waals surface area (Å²) in [4.78, 5) is 17.6. The standard InChI is InChI=1S/C23H25ClN4O4S/c24-18-7-5-16(14-21(18)33(30,31)27-10-12-32-13-11-27)23(29)25-17-6-8-20-19(15-17)26-22-4-2-1-3-9-28(20)22/h5-8,14-15H,1-4,9-13H2,(H,25,29). The highest BCUT2D eigenvalue weighted by molar-refractivity contribution is 7.89. The van der Waals surface area contributed by atoms with E-state index >= 15 is 0 Å². The van der Waals surface area contributed by atoms with E-state index in [9.17, 15) is 13.2 Å². The van der Waals surface area contributed by atoms with Crippen LogP contribution in [0.15, 0.2) is 41.3 Å². The van der Waals surface area contributed by atoms with Crippen molar-refractivity contribution in [1.82, 2.24) is 13.9 Å². The number of nitrogens with zero attached hydrogens (tertiary/aromatic N) is 3. The Bertz CT molecular complexity index is 1320. The predicted octanol–water partition coefficient (Wildman–Crippen LogP) is 3.69. The van der Waals surface area contributed by atoms with Gasteiger partial charge in [0.1, 0.15) is 10.7 Å². The van der Waals surface area contributed by atoms with Crippen LogP contribution in [0.3, 0.4) is 0 Å². The molecular formula is C23H25ClN4O4S. The SMILES string of the molecule is O=C(Nc1ccc2c(c1)nc1n2CCCCC1)c1ccc(Cl)c(S(=O)(=O)N2CCOCC2)c1. The summed E-state index contributed by atoms with van der Waals surface area (Å²) in [6, 6.07) is 9.98. The highest BCUT2D eigenvalue weighted by Crippen LogP contribution is 2.28. The summed E-state index contributed by atoms with van der Waals surface area (Å²) in [6.07, 6.45) is 4.45. The van der Waals surface area contributed by atoms with Gasteiger partial charge in [-0.1, -0.05) is 18.0 Å². The summed E-state index contributed by atoms with van der Waals surface area (Å²) in [5, 5.41) is 2.94. The van der Waals surface area contributed by atoms with Gasteiger partial charge in [-0.2, -0.15) is 4.31 Å². The van der Waals surface area contributed by atoms with Gasteiger partial charge in [0.25, 0.3) is 5.91 Å². The van der Waals surface area contributed by atoms with E-state index in [0.29, 0.717) is 18.9 Å². The molecule has 5 rings (SSSR count). The van der Waals surface area contributed by atoms with Gasteiger partial charge in [0.15, 0.2) is 0 Å². The molecular weight excluding hydrogens is 464 g/mol. The summed E-state index contributed by atoms with van der Waals surface area (Å²) in [5.74, 6) is 0.673. The number of morpholine rings is 1. The van der Waals surface area contributed by atoms with Gasteiger partial charge in [-0.05, 0) is 49.2 Å². The van der Waals surface area contributed by atoms with Crippen LogP contribution >= 0.6 is 11.6 Å². The topological polar surface area (TPSA) is 93.5 Å². The van der Waals surface area contributed by atoms with Crippen LogP contribution in [0, 0.1) is 0 Å². The van der Waals surface area contributed by atoms with E-state index in [1.807, 2.05) is 18.2 Å². The second-order valence-corrected chi connectivity index (χ2v) is 10.6. The average molecular weight is 489 g/mol. The number of benzene rings is 2. The lowest BCUT2D eigenvalue weighted by Gasteiger charge is -2.26. The third kappa shape index (κ3) is 4.38. The first-order chi connectivity index (χ1) is 15.9. The first-order valence-electron chi connectivity index (χ1n) is 11.1. The molecule has 0 saturated carbocycles. The Morgan fingerprint density at radius 3 is 2.67 bits per heavy atom. The van der Waals surface area contributed by atoms with E-state index in [-0.39, 0.29) is 28.6 Å². The molecule has 0 radical (unpaired) electrons. The highest BCUT2D eigenvalue weighted by Gasteiger charge is 2.29. The molecule has 2 aliphatic heterocycles. The predicted molar refractivity (Wildman–Crippen MR) is 126 cm³/mol. The van der Waals surface area contributed by atoms with E-state index < -0.39 is 15.9 Å². The molecule has 0 atom stereocenters. The molecule has 33 heavy (non-hydrogen) atoms. The maximum absolute atomic E-state index is 13.1. The number of nitrogens with one attached hydrogen (secondary N) is 1. The number of anilines is 1. The molecule has 0 unspecified atom stereocenters. The molecule has 0 bridgehead atoms. The van der Waals surface area contributed by atoms with Crippen molar-refractivity contribution < 1.29 is 17.9 Å². The zero-order chi connectivity index (χ0) is 23.0. The maximum atomic E-state index is 13.1. The van der Waals surface area contributed by atoms with Crippen molar-refractivity contribution in [2.24, 2.45) is 0 Å². The Morgan fingerprint density at radius 2 is 1.85 bits per heavy atom. The molecule has 1 saturated heterocycles. The molecule has 0 spiro atoms. The van der Waals surface area contributed by atoms with Crippen LogP contribution in [0.25, 0.3) is 11.0 Å². The third-order valence-corrected chi connectivity index (χ3v) is 8.53. The number of sulfonamides is 1. The van der Waals surface area contributed by atoms with Gasteiger partial charge >= 0.3 is 0 Å². The van der Waals surface area contributed by atoms with Gasteiger partial charge < -0.3 is 14.6 Å². The Labute approximate surface area is 197 Å². The molecule has 10 heteroatoms. The Hall–Kier alpha value is -2.46. The monoisotopic (exact) mass is 488 g/mol. The first kappa shape index (κ1) is 22.3. The minimum atomic E-state index is -3.83. The summed E-state index contributed by atoms with van der Waals surface area (Å²) in [6.45, 7) is 2.13. The van der Waals surface area contributed by atoms with Crippen molar-refractivity contribution in [3.8, 4) is 0 Å². The lowest BCUT2D eigenvalue weighted by Crippen LogP contribution is -2.40. The van der Waals surface area contributed by atoms with Gasteiger partial charge in [-0.25, -0.2) is 13.4 Å². The first-order valence-corrected chi connectivity index (χ1v) is 12.9. The van der Waals surface area contributed by atoms with Gasteiger partial charge in [-0.15, -0.1) is 0 Å².